The molecule has 0 bridgehead atoms. The Morgan fingerprint density at radius 3 is 2.44 bits per heavy atom. The molecule has 0 aliphatic rings. The van der Waals surface area contributed by atoms with Gasteiger partial charge in [-0.05, 0) is 12.3 Å². The lowest BCUT2D eigenvalue weighted by Gasteiger charge is -2.21. The number of amides is 2. The number of carbonyl (C=O) groups is 2. The molecule has 0 fully saturated rings. The van der Waals surface area contributed by atoms with Crippen LogP contribution in [0, 0.1) is 11.8 Å². The lowest BCUT2D eigenvalue weighted by molar-refractivity contribution is -0.142. The fourth-order valence-corrected chi connectivity index (χ4v) is 1.49. The Morgan fingerprint density at radius 1 is 1.39 bits per heavy atom. The summed E-state index contributed by atoms with van der Waals surface area (Å²) in [6.07, 6.45) is 0.757. The molecule has 6 nitrogen and oxygen atoms in total. The molecular weight excluding hydrogens is 236 g/mol. The third kappa shape index (κ3) is 6.44. The van der Waals surface area contributed by atoms with Gasteiger partial charge >= 0.3 is 12.0 Å². The zero-order valence-electron chi connectivity index (χ0n) is 11.6. The lowest BCUT2D eigenvalue weighted by Crippen LogP contribution is -2.42. The number of hydrogen-bond acceptors (Lipinski definition) is 3. The Kier molecular flexibility index (Phi) is 8.11. The zero-order valence-corrected chi connectivity index (χ0v) is 11.6. The normalized spacial score (nSPS) is 12.3. The molecule has 0 saturated carbocycles. The van der Waals surface area contributed by atoms with Gasteiger partial charge in [0.1, 0.15) is 0 Å². The number of carboxylic acid groups (broad SMARTS) is 1. The van der Waals surface area contributed by atoms with Gasteiger partial charge in [0, 0.05) is 33.9 Å². The van der Waals surface area contributed by atoms with E-state index in [9.17, 15) is 9.59 Å². The SMILES string of the molecule is COCCCN(C)C(=O)NCC(C(=O)O)C(C)C. The summed E-state index contributed by atoms with van der Waals surface area (Å²) >= 11 is 0. The summed E-state index contributed by atoms with van der Waals surface area (Å²) in [5.74, 6) is -1.45. The van der Waals surface area contributed by atoms with Gasteiger partial charge in [0.15, 0.2) is 0 Å². The molecule has 0 aliphatic heterocycles. The summed E-state index contributed by atoms with van der Waals surface area (Å²) < 4.78 is 4.90. The van der Waals surface area contributed by atoms with Crippen LogP contribution in [0.25, 0.3) is 0 Å². The number of carbonyl (C=O) groups excluding carboxylic acids is 1. The predicted molar refractivity (Wildman–Crippen MR) is 68.5 cm³/mol. The van der Waals surface area contributed by atoms with Crippen LogP contribution in [0.4, 0.5) is 4.79 Å². The van der Waals surface area contributed by atoms with Gasteiger partial charge in [-0.3, -0.25) is 4.79 Å². The minimum atomic E-state index is -0.882. The van der Waals surface area contributed by atoms with E-state index in [1.54, 1.807) is 14.2 Å². The highest BCUT2D eigenvalue weighted by Gasteiger charge is 2.22. The molecule has 0 heterocycles. The van der Waals surface area contributed by atoms with Crippen molar-refractivity contribution in [3.05, 3.63) is 0 Å². The van der Waals surface area contributed by atoms with Crippen molar-refractivity contribution in [1.29, 1.82) is 0 Å². The van der Waals surface area contributed by atoms with Gasteiger partial charge in [0.25, 0.3) is 0 Å². The van der Waals surface area contributed by atoms with Crippen LogP contribution in [-0.4, -0.2) is 55.9 Å². The molecule has 106 valence electrons. The van der Waals surface area contributed by atoms with Crippen molar-refractivity contribution in [2.24, 2.45) is 11.8 Å². The van der Waals surface area contributed by atoms with Crippen LogP contribution in [0.2, 0.25) is 0 Å². The first-order valence-corrected chi connectivity index (χ1v) is 6.10. The molecule has 1 atom stereocenters. The topological polar surface area (TPSA) is 78.9 Å². The third-order valence-electron chi connectivity index (χ3n) is 2.78. The fourth-order valence-electron chi connectivity index (χ4n) is 1.49. The van der Waals surface area contributed by atoms with Crippen LogP contribution in [-0.2, 0) is 9.53 Å². The number of urea groups is 1. The smallest absolute Gasteiger partial charge is 0.317 e. The quantitative estimate of drug-likeness (QED) is 0.639. The number of ether oxygens (including phenoxy) is 1. The Bertz CT molecular complexity index is 269. The molecule has 0 spiro atoms. The van der Waals surface area contributed by atoms with Gasteiger partial charge in [-0.1, -0.05) is 13.8 Å². The summed E-state index contributed by atoms with van der Waals surface area (Å²) in [4.78, 5) is 24.1. The number of nitrogens with one attached hydrogen (secondary N) is 1. The molecule has 0 aromatic rings. The van der Waals surface area contributed by atoms with E-state index in [4.69, 9.17) is 9.84 Å². The van der Waals surface area contributed by atoms with Crippen LogP contribution < -0.4 is 5.32 Å². The van der Waals surface area contributed by atoms with Gasteiger partial charge in [-0.2, -0.15) is 0 Å². The molecule has 2 N–H and O–H groups in total. The highest BCUT2D eigenvalue weighted by atomic mass is 16.5. The number of hydrogen-bond donors (Lipinski definition) is 2. The van der Waals surface area contributed by atoms with Crippen molar-refractivity contribution < 1.29 is 19.4 Å². The summed E-state index contributed by atoms with van der Waals surface area (Å²) in [6.45, 7) is 4.99. The van der Waals surface area contributed by atoms with Gasteiger partial charge < -0.3 is 20.1 Å². The number of carboxylic acids is 1. The van der Waals surface area contributed by atoms with E-state index in [0.29, 0.717) is 13.2 Å². The molecule has 2 amide bonds. The Balaban J connectivity index is 4.03. The first-order chi connectivity index (χ1) is 8.40. The van der Waals surface area contributed by atoms with E-state index in [-0.39, 0.29) is 18.5 Å². The summed E-state index contributed by atoms with van der Waals surface area (Å²) in [6, 6.07) is -0.252. The standard InChI is InChI=1S/C12H24N2O4/c1-9(2)10(11(15)16)8-13-12(17)14(3)6-5-7-18-4/h9-10H,5-8H2,1-4H3,(H,13,17)(H,15,16). The average Bonchev–Trinajstić information content (AvgIpc) is 2.28. The molecule has 0 aliphatic carbocycles. The zero-order chi connectivity index (χ0) is 14.1. The van der Waals surface area contributed by atoms with Crippen molar-refractivity contribution in [2.45, 2.75) is 20.3 Å². The average molecular weight is 260 g/mol. The molecule has 0 aromatic carbocycles. The number of rotatable bonds is 8. The van der Waals surface area contributed by atoms with E-state index < -0.39 is 11.9 Å². The highest BCUT2D eigenvalue weighted by molar-refractivity contribution is 5.75. The first kappa shape index (κ1) is 16.7. The van der Waals surface area contributed by atoms with Crippen LogP contribution in [0.5, 0.6) is 0 Å². The number of nitrogens with zero attached hydrogens (tertiary/aromatic N) is 1. The first-order valence-electron chi connectivity index (χ1n) is 6.10. The summed E-state index contributed by atoms with van der Waals surface area (Å²) in [5.41, 5.74) is 0. The fraction of sp³-hybridized carbons (Fsp3) is 0.833. The van der Waals surface area contributed by atoms with Crippen molar-refractivity contribution in [1.82, 2.24) is 10.2 Å². The van der Waals surface area contributed by atoms with Gasteiger partial charge in [0.05, 0.1) is 5.92 Å². The second kappa shape index (κ2) is 8.74. The van der Waals surface area contributed by atoms with E-state index in [1.165, 1.54) is 4.90 Å². The van der Waals surface area contributed by atoms with Crippen molar-refractivity contribution in [3.63, 3.8) is 0 Å². The largest absolute Gasteiger partial charge is 0.481 e. The molecule has 0 saturated heterocycles. The van der Waals surface area contributed by atoms with Gasteiger partial charge in [-0.25, -0.2) is 4.79 Å². The number of aliphatic carboxylic acids is 1. The molecule has 18 heavy (non-hydrogen) atoms. The van der Waals surface area contributed by atoms with Crippen molar-refractivity contribution >= 4 is 12.0 Å². The summed E-state index contributed by atoms with van der Waals surface area (Å²) in [5, 5.41) is 11.6. The lowest BCUT2D eigenvalue weighted by atomic mass is 9.96. The molecule has 0 aromatic heterocycles. The van der Waals surface area contributed by atoms with E-state index in [1.807, 2.05) is 13.8 Å². The maximum absolute atomic E-state index is 11.7. The Morgan fingerprint density at radius 2 is 2.00 bits per heavy atom. The molecule has 0 rings (SSSR count). The maximum Gasteiger partial charge on any atom is 0.317 e. The minimum Gasteiger partial charge on any atom is -0.481 e. The second-order valence-electron chi connectivity index (χ2n) is 4.64. The van der Waals surface area contributed by atoms with E-state index in [2.05, 4.69) is 5.32 Å². The van der Waals surface area contributed by atoms with Crippen LogP contribution >= 0.6 is 0 Å². The summed E-state index contributed by atoms with van der Waals surface area (Å²) in [7, 11) is 3.29. The molecule has 1 unspecified atom stereocenters. The maximum atomic E-state index is 11.7. The monoisotopic (exact) mass is 260 g/mol. The predicted octanol–water partition coefficient (Wildman–Crippen LogP) is 1.02. The van der Waals surface area contributed by atoms with Crippen LogP contribution in [0.1, 0.15) is 20.3 Å². The molecular formula is C12H24N2O4. The number of methoxy groups -OCH3 is 1. The minimum absolute atomic E-state index is 0.0124. The van der Waals surface area contributed by atoms with Gasteiger partial charge in [0.2, 0.25) is 0 Å². The van der Waals surface area contributed by atoms with E-state index in [0.717, 1.165) is 6.42 Å². The van der Waals surface area contributed by atoms with E-state index >= 15 is 0 Å². The molecule has 6 heteroatoms. The van der Waals surface area contributed by atoms with Crippen LogP contribution in [0.3, 0.4) is 0 Å². The van der Waals surface area contributed by atoms with Crippen LogP contribution in [0.15, 0.2) is 0 Å². The van der Waals surface area contributed by atoms with Gasteiger partial charge in [-0.15, -0.1) is 0 Å². The Labute approximate surface area is 108 Å². The second-order valence-corrected chi connectivity index (χ2v) is 4.64. The van der Waals surface area contributed by atoms with Crippen molar-refractivity contribution in [2.75, 3.05) is 33.9 Å². The third-order valence-corrected chi connectivity index (χ3v) is 2.78. The Hall–Kier alpha value is -1.30. The highest BCUT2D eigenvalue weighted by Crippen LogP contribution is 2.09. The molecule has 0 radical (unpaired) electrons. The van der Waals surface area contributed by atoms with Crippen molar-refractivity contribution in [3.8, 4) is 0 Å².